The summed E-state index contributed by atoms with van der Waals surface area (Å²) >= 11 is 0. The van der Waals surface area contributed by atoms with Gasteiger partial charge in [0, 0.05) is 51.1 Å². The largest absolute Gasteiger partial charge is 0.481 e. The first-order valence-corrected chi connectivity index (χ1v) is 16.5. The Morgan fingerprint density at radius 3 is 1.54 bits per heavy atom. The van der Waals surface area contributed by atoms with Crippen LogP contribution in [0.3, 0.4) is 0 Å². The molecule has 3 aliphatic heterocycles. The first-order valence-electron chi connectivity index (χ1n) is 16.5. The Morgan fingerprint density at radius 1 is 0.732 bits per heavy atom. The first kappa shape index (κ1) is 31.8. The van der Waals surface area contributed by atoms with Crippen LogP contribution in [0, 0.1) is 47.3 Å². The van der Waals surface area contributed by atoms with Crippen LogP contribution in [-0.2, 0) is 19.2 Å². The Morgan fingerprint density at radius 2 is 1.17 bits per heavy atom. The fraction of sp³-hybridized carbons (Fsp3) is 0.879. The molecule has 8 heteroatoms. The summed E-state index contributed by atoms with van der Waals surface area (Å²) in [4.78, 5) is 54.0. The van der Waals surface area contributed by atoms with E-state index in [0.717, 1.165) is 38.8 Å². The van der Waals surface area contributed by atoms with Gasteiger partial charge in [0.05, 0.1) is 11.8 Å². The molecule has 0 radical (unpaired) electrons. The molecule has 5 aliphatic rings. The van der Waals surface area contributed by atoms with Crippen molar-refractivity contribution in [2.45, 2.75) is 111 Å². The maximum atomic E-state index is 12.5. The molecular weight excluding hydrogens is 518 g/mol. The fourth-order valence-electron chi connectivity index (χ4n) is 8.25. The Labute approximate surface area is 247 Å². The van der Waals surface area contributed by atoms with Gasteiger partial charge < -0.3 is 19.8 Å². The number of hydrogen-bond donors (Lipinski definition) is 1. The van der Waals surface area contributed by atoms with Crippen molar-refractivity contribution in [1.29, 1.82) is 0 Å². The summed E-state index contributed by atoms with van der Waals surface area (Å²) in [5, 5.41) is 9.10. The summed E-state index contributed by atoms with van der Waals surface area (Å²) in [5.74, 6) is 2.65. The second-order valence-electron chi connectivity index (χ2n) is 14.7. The zero-order valence-electron chi connectivity index (χ0n) is 26.4. The van der Waals surface area contributed by atoms with Crippen molar-refractivity contribution in [2.75, 3.05) is 26.2 Å². The van der Waals surface area contributed by atoms with Crippen molar-refractivity contribution in [3.63, 3.8) is 0 Å². The molecule has 8 unspecified atom stereocenters. The average Bonchev–Trinajstić information content (AvgIpc) is 3.45. The molecule has 0 bridgehead atoms. The van der Waals surface area contributed by atoms with Gasteiger partial charge in [0.1, 0.15) is 0 Å². The minimum Gasteiger partial charge on any atom is -0.481 e. The van der Waals surface area contributed by atoms with Gasteiger partial charge in [0.25, 0.3) is 0 Å². The molecule has 0 spiro atoms. The number of carbonyl (C=O) groups excluding carboxylic acids is 3. The molecule has 2 aliphatic carbocycles. The van der Waals surface area contributed by atoms with E-state index in [1.807, 2.05) is 9.80 Å². The number of carboxylic acid groups (broad SMARTS) is 1. The fourth-order valence-corrected chi connectivity index (χ4v) is 8.25. The van der Waals surface area contributed by atoms with Gasteiger partial charge in [-0.15, -0.1) is 0 Å². The van der Waals surface area contributed by atoms with Crippen molar-refractivity contribution < 1.29 is 24.3 Å². The Hall–Kier alpha value is -2.12. The smallest absolute Gasteiger partial charge is 0.308 e. The highest BCUT2D eigenvalue weighted by Crippen LogP contribution is 2.40. The van der Waals surface area contributed by atoms with Crippen LogP contribution >= 0.6 is 0 Å². The van der Waals surface area contributed by atoms with Crippen LogP contribution in [0.2, 0.25) is 0 Å². The highest BCUT2D eigenvalue weighted by molar-refractivity contribution is 5.89. The lowest BCUT2D eigenvalue weighted by Gasteiger charge is -2.42. The predicted octanol–water partition coefficient (Wildman–Crippen LogP) is 4.91. The van der Waals surface area contributed by atoms with Gasteiger partial charge in [-0.25, -0.2) is 0 Å². The highest BCUT2D eigenvalue weighted by atomic mass is 16.4. The van der Waals surface area contributed by atoms with E-state index in [1.54, 1.807) is 0 Å². The van der Waals surface area contributed by atoms with Crippen molar-refractivity contribution in [2.24, 2.45) is 47.3 Å². The molecule has 41 heavy (non-hydrogen) atoms. The summed E-state index contributed by atoms with van der Waals surface area (Å²) in [5.41, 5.74) is 0. The predicted molar refractivity (Wildman–Crippen MR) is 159 cm³/mol. The van der Waals surface area contributed by atoms with Gasteiger partial charge in [0.2, 0.25) is 17.7 Å². The lowest BCUT2D eigenvalue weighted by molar-refractivity contribution is -0.141. The Balaban J connectivity index is 0.000000191. The Kier molecular flexibility index (Phi) is 10.4. The lowest BCUT2D eigenvalue weighted by Crippen LogP contribution is -2.48. The summed E-state index contributed by atoms with van der Waals surface area (Å²) in [7, 11) is 0. The minimum absolute atomic E-state index is 0.0390. The third-order valence-electron chi connectivity index (χ3n) is 11.0. The number of likely N-dealkylation sites (tertiary alicyclic amines) is 3. The van der Waals surface area contributed by atoms with E-state index >= 15 is 0 Å². The average molecular weight is 574 g/mol. The molecule has 8 atom stereocenters. The van der Waals surface area contributed by atoms with Gasteiger partial charge in [-0.3, -0.25) is 19.2 Å². The molecule has 0 aromatic carbocycles. The topological polar surface area (TPSA) is 98.2 Å². The van der Waals surface area contributed by atoms with Gasteiger partial charge in [-0.2, -0.15) is 0 Å². The van der Waals surface area contributed by atoms with E-state index in [2.05, 4.69) is 46.4 Å². The maximum absolute atomic E-state index is 12.5. The second-order valence-corrected chi connectivity index (χ2v) is 14.7. The normalized spacial score (nSPS) is 36.0. The van der Waals surface area contributed by atoms with E-state index in [0.29, 0.717) is 61.1 Å². The van der Waals surface area contributed by atoms with Crippen molar-refractivity contribution in [3.05, 3.63) is 0 Å². The number of rotatable bonds is 6. The maximum Gasteiger partial charge on any atom is 0.308 e. The lowest BCUT2D eigenvalue weighted by atomic mass is 9.73. The number of amides is 3. The molecule has 0 aromatic rings. The van der Waals surface area contributed by atoms with Crippen LogP contribution in [0.1, 0.15) is 99.3 Å². The number of aliphatic carboxylic acids is 1. The zero-order chi connectivity index (χ0) is 30.0. The van der Waals surface area contributed by atoms with Crippen molar-refractivity contribution in [1.82, 2.24) is 14.7 Å². The summed E-state index contributed by atoms with van der Waals surface area (Å²) in [6.07, 6.45) is 8.76. The minimum atomic E-state index is -0.833. The third kappa shape index (κ3) is 7.27. The molecule has 8 nitrogen and oxygen atoms in total. The van der Waals surface area contributed by atoms with E-state index < -0.39 is 11.9 Å². The molecule has 3 saturated heterocycles. The highest BCUT2D eigenvalue weighted by Gasteiger charge is 2.45. The van der Waals surface area contributed by atoms with Crippen molar-refractivity contribution >= 4 is 23.7 Å². The SMILES string of the molecule is CC1CCC(C(C)C)C(N2CC(C(=O)N3CCC3)CC2=O)C1.CC1CCC(C(C)C)C(N2CC(C(=O)O)CC2=O)C1. The number of carbonyl (C=O) groups is 4. The molecule has 3 amide bonds. The van der Waals surface area contributed by atoms with Crippen LogP contribution < -0.4 is 0 Å². The van der Waals surface area contributed by atoms with Gasteiger partial charge in [-0.1, -0.05) is 54.4 Å². The van der Waals surface area contributed by atoms with Crippen LogP contribution in [0.4, 0.5) is 0 Å². The van der Waals surface area contributed by atoms with Gasteiger partial charge >= 0.3 is 5.97 Å². The van der Waals surface area contributed by atoms with Crippen LogP contribution in [0.25, 0.3) is 0 Å². The molecule has 1 N–H and O–H groups in total. The summed E-state index contributed by atoms with van der Waals surface area (Å²) in [6, 6.07) is 0.603. The van der Waals surface area contributed by atoms with Gasteiger partial charge in [-0.05, 0) is 67.6 Å². The zero-order valence-corrected chi connectivity index (χ0v) is 26.4. The standard InChI is InChI=1S/C18H30N2O2.C15H25NO3/c1-12(2)15-6-5-13(3)9-16(15)20-11-14(10-17(20)21)18(22)19-7-4-8-19;1-9(2)12-5-4-10(3)6-13(12)16-8-11(15(18)19)7-14(16)17/h12-16H,4-11H2,1-3H3;9-13H,4-8H2,1-3H3,(H,18,19). The molecule has 2 saturated carbocycles. The first-order chi connectivity index (χ1) is 19.4. The number of nitrogens with zero attached hydrogens (tertiary/aromatic N) is 3. The third-order valence-corrected chi connectivity index (χ3v) is 11.0. The van der Waals surface area contributed by atoms with Crippen LogP contribution in [0.15, 0.2) is 0 Å². The summed E-state index contributed by atoms with van der Waals surface area (Å²) < 4.78 is 0. The van der Waals surface area contributed by atoms with E-state index in [9.17, 15) is 19.2 Å². The van der Waals surface area contributed by atoms with Crippen LogP contribution in [-0.4, -0.2) is 81.8 Å². The summed E-state index contributed by atoms with van der Waals surface area (Å²) in [6.45, 7) is 16.4. The molecule has 3 heterocycles. The van der Waals surface area contributed by atoms with Crippen molar-refractivity contribution in [3.8, 4) is 0 Å². The van der Waals surface area contributed by atoms with E-state index in [-0.39, 0.29) is 36.1 Å². The quantitative estimate of drug-likeness (QED) is 0.487. The number of carboxylic acids is 1. The Bertz CT molecular complexity index is 963. The number of hydrogen-bond acceptors (Lipinski definition) is 4. The molecule has 5 fully saturated rings. The van der Waals surface area contributed by atoms with Crippen LogP contribution in [0.5, 0.6) is 0 Å². The second kappa shape index (κ2) is 13.5. The van der Waals surface area contributed by atoms with Gasteiger partial charge in [0.15, 0.2) is 0 Å². The molecule has 232 valence electrons. The molecular formula is C33H55N3O5. The monoisotopic (exact) mass is 573 g/mol. The van der Waals surface area contributed by atoms with E-state index in [4.69, 9.17) is 5.11 Å². The molecule has 5 rings (SSSR count). The van der Waals surface area contributed by atoms with E-state index in [1.165, 1.54) is 19.3 Å². The molecule has 0 aromatic heterocycles.